The van der Waals surface area contributed by atoms with Crippen LogP contribution in [0.3, 0.4) is 0 Å². The molecule has 6 heteroatoms. The Bertz CT molecular complexity index is 1080. The lowest BCUT2D eigenvalue weighted by atomic mass is 10.2. The third kappa shape index (κ3) is 3.04. The van der Waals surface area contributed by atoms with Gasteiger partial charge in [-0.1, -0.05) is 0 Å². The van der Waals surface area contributed by atoms with E-state index < -0.39 is 0 Å². The van der Waals surface area contributed by atoms with Crippen molar-refractivity contribution in [1.82, 2.24) is 14.8 Å². The summed E-state index contributed by atoms with van der Waals surface area (Å²) in [6.45, 7) is 2.00. The molecule has 0 fully saturated rings. The van der Waals surface area contributed by atoms with Crippen LogP contribution in [0.1, 0.15) is 16.2 Å². The summed E-state index contributed by atoms with van der Waals surface area (Å²) in [4.78, 5) is 15.7. The van der Waals surface area contributed by atoms with E-state index in [0.717, 1.165) is 33.7 Å². The van der Waals surface area contributed by atoms with E-state index in [4.69, 9.17) is 4.74 Å². The summed E-state index contributed by atoms with van der Waals surface area (Å²) in [5.41, 5.74) is 4.08. The lowest BCUT2D eigenvalue weighted by molar-refractivity contribution is 0.102. The summed E-state index contributed by atoms with van der Waals surface area (Å²) >= 11 is 0. The number of methoxy groups -OCH3 is 1. The molecule has 0 aliphatic rings. The molecular weight excluding hydrogens is 328 g/mol. The zero-order valence-electron chi connectivity index (χ0n) is 14.5. The number of nitrogens with zero attached hydrogens (tertiary/aromatic N) is 2. The highest BCUT2D eigenvalue weighted by Crippen LogP contribution is 2.20. The lowest BCUT2D eigenvalue weighted by Gasteiger charge is -2.04. The molecule has 2 N–H and O–H groups in total. The molecule has 6 nitrogen and oxygen atoms in total. The number of aryl methyl sites for hydroxylation is 1. The molecule has 0 radical (unpaired) electrons. The number of nitrogens with one attached hydrogen (secondary N) is 2. The molecule has 2 aromatic heterocycles. The maximum absolute atomic E-state index is 12.5. The topological polar surface area (TPSA) is 71.9 Å². The van der Waals surface area contributed by atoms with Gasteiger partial charge in [-0.3, -0.25) is 4.79 Å². The first-order valence-electron chi connectivity index (χ1n) is 8.23. The van der Waals surface area contributed by atoms with Gasteiger partial charge in [0.15, 0.2) is 5.69 Å². The van der Waals surface area contributed by atoms with Gasteiger partial charge in [-0.25, -0.2) is 4.68 Å². The van der Waals surface area contributed by atoms with Crippen LogP contribution in [0, 0.1) is 6.92 Å². The first-order valence-corrected chi connectivity index (χ1v) is 8.23. The van der Waals surface area contributed by atoms with Gasteiger partial charge in [-0.05, 0) is 61.5 Å². The minimum atomic E-state index is -0.246. The fraction of sp³-hybridized carbons (Fsp3) is 0.100. The highest BCUT2D eigenvalue weighted by atomic mass is 16.5. The van der Waals surface area contributed by atoms with Gasteiger partial charge >= 0.3 is 0 Å². The van der Waals surface area contributed by atoms with Gasteiger partial charge in [-0.2, -0.15) is 5.10 Å². The molecule has 0 unspecified atom stereocenters. The molecule has 4 aromatic rings. The molecule has 0 aliphatic carbocycles. The maximum atomic E-state index is 12.5. The first-order chi connectivity index (χ1) is 12.6. The van der Waals surface area contributed by atoms with Crippen molar-refractivity contribution in [3.63, 3.8) is 0 Å². The molecule has 0 saturated carbocycles. The van der Waals surface area contributed by atoms with Crippen molar-refractivity contribution in [2.24, 2.45) is 0 Å². The number of aromatic amines is 1. The summed E-state index contributed by atoms with van der Waals surface area (Å²) in [6, 6.07) is 17.0. The van der Waals surface area contributed by atoms with Crippen molar-refractivity contribution in [1.29, 1.82) is 0 Å². The van der Waals surface area contributed by atoms with Gasteiger partial charge in [0.1, 0.15) is 5.75 Å². The summed E-state index contributed by atoms with van der Waals surface area (Å²) in [7, 11) is 1.62. The average Bonchev–Trinajstić information content (AvgIpc) is 3.27. The minimum Gasteiger partial charge on any atom is -0.497 e. The zero-order chi connectivity index (χ0) is 18.1. The van der Waals surface area contributed by atoms with Gasteiger partial charge in [0.25, 0.3) is 5.91 Å². The van der Waals surface area contributed by atoms with Crippen LogP contribution < -0.4 is 10.1 Å². The number of fused-ring (bicyclic) bond motifs is 1. The Hall–Kier alpha value is -3.54. The zero-order valence-corrected chi connectivity index (χ0v) is 14.5. The van der Waals surface area contributed by atoms with E-state index in [1.54, 1.807) is 24.1 Å². The van der Waals surface area contributed by atoms with Gasteiger partial charge in [-0.15, -0.1) is 0 Å². The highest BCUT2D eigenvalue weighted by Gasteiger charge is 2.11. The molecule has 4 rings (SSSR count). The summed E-state index contributed by atoms with van der Waals surface area (Å²) in [5, 5.41) is 8.31. The van der Waals surface area contributed by atoms with Gasteiger partial charge < -0.3 is 15.0 Å². The fourth-order valence-corrected chi connectivity index (χ4v) is 2.87. The molecule has 0 atom stereocenters. The molecule has 1 amide bonds. The van der Waals surface area contributed by atoms with Crippen LogP contribution in [0.4, 0.5) is 5.69 Å². The number of hydrogen-bond acceptors (Lipinski definition) is 3. The van der Waals surface area contributed by atoms with E-state index in [1.165, 1.54) is 0 Å². The number of H-pyrrole nitrogens is 1. The Morgan fingerprint density at radius 1 is 1.12 bits per heavy atom. The first kappa shape index (κ1) is 16.0. The number of carbonyl (C=O) groups excluding carboxylic acids is 1. The van der Waals surface area contributed by atoms with Crippen LogP contribution >= 0.6 is 0 Å². The summed E-state index contributed by atoms with van der Waals surface area (Å²) < 4.78 is 6.81. The van der Waals surface area contributed by atoms with Crippen molar-refractivity contribution < 1.29 is 9.53 Å². The third-order valence-corrected chi connectivity index (χ3v) is 4.17. The highest BCUT2D eigenvalue weighted by molar-refractivity contribution is 6.03. The maximum Gasteiger partial charge on any atom is 0.276 e. The van der Waals surface area contributed by atoms with Crippen LogP contribution in [-0.4, -0.2) is 27.8 Å². The van der Waals surface area contributed by atoms with Crippen molar-refractivity contribution >= 4 is 22.5 Å². The van der Waals surface area contributed by atoms with E-state index >= 15 is 0 Å². The predicted octanol–water partition coefficient (Wildman–Crippen LogP) is 3.92. The second kappa shape index (κ2) is 6.40. The largest absolute Gasteiger partial charge is 0.497 e. The second-order valence-electron chi connectivity index (χ2n) is 6.05. The third-order valence-electron chi connectivity index (χ3n) is 4.17. The standard InChI is InChI=1S/C20H18N4O2/c1-13-11-14-12-15(3-8-18(14)21-13)22-20(25)19-9-10-24(23-19)16-4-6-17(26-2)7-5-16/h3-12,21H,1-2H3,(H,22,25). The number of aromatic nitrogens is 3. The number of amides is 1. The monoisotopic (exact) mass is 346 g/mol. The molecular formula is C20H18N4O2. The fourth-order valence-electron chi connectivity index (χ4n) is 2.87. The smallest absolute Gasteiger partial charge is 0.276 e. The molecule has 0 saturated heterocycles. The number of anilines is 1. The molecule has 26 heavy (non-hydrogen) atoms. The van der Waals surface area contributed by atoms with Crippen molar-refractivity contribution in [3.05, 3.63) is 72.2 Å². The van der Waals surface area contributed by atoms with Crippen molar-refractivity contribution in [3.8, 4) is 11.4 Å². The second-order valence-corrected chi connectivity index (χ2v) is 6.05. The van der Waals surface area contributed by atoms with Crippen molar-refractivity contribution in [2.45, 2.75) is 6.92 Å². The SMILES string of the molecule is COc1ccc(-n2ccc(C(=O)Nc3ccc4[nH]c(C)cc4c3)n2)cc1. The van der Waals surface area contributed by atoms with Crippen molar-refractivity contribution in [2.75, 3.05) is 12.4 Å². The Kier molecular flexibility index (Phi) is 3.93. The normalized spacial score (nSPS) is 10.8. The minimum absolute atomic E-state index is 0.246. The van der Waals surface area contributed by atoms with Crippen LogP contribution in [-0.2, 0) is 0 Å². The molecule has 2 aromatic carbocycles. The Morgan fingerprint density at radius 2 is 1.92 bits per heavy atom. The Morgan fingerprint density at radius 3 is 2.69 bits per heavy atom. The van der Waals surface area contributed by atoms with E-state index in [9.17, 15) is 4.79 Å². The average molecular weight is 346 g/mol. The Labute approximate surface area is 150 Å². The van der Waals surface area contributed by atoms with E-state index in [2.05, 4.69) is 15.4 Å². The number of rotatable bonds is 4. The molecule has 0 bridgehead atoms. The van der Waals surface area contributed by atoms with Crippen LogP contribution in [0.25, 0.3) is 16.6 Å². The quantitative estimate of drug-likeness (QED) is 0.588. The predicted molar refractivity (Wildman–Crippen MR) is 101 cm³/mol. The molecule has 0 spiro atoms. The number of carbonyl (C=O) groups is 1. The van der Waals surface area contributed by atoms with Gasteiger partial charge in [0, 0.05) is 28.5 Å². The van der Waals surface area contributed by atoms with Gasteiger partial charge in [0.2, 0.25) is 0 Å². The number of hydrogen-bond donors (Lipinski definition) is 2. The number of benzene rings is 2. The van der Waals surface area contributed by atoms with Crippen LogP contribution in [0.2, 0.25) is 0 Å². The number of ether oxygens (including phenoxy) is 1. The summed E-state index contributed by atoms with van der Waals surface area (Å²) in [6.07, 6.45) is 1.76. The lowest BCUT2D eigenvalue weighted by Crippen LogP contribution is -2.13. The molecule has 0 aliphatic heterocycles. The Balaban J connectivity index is 1.53. The van der Waals surface area contributed by atoms with E-state index in [-0.39, 0.29) is 5.91 Å². The van der Waals surface area contributed by atoms with E-state index in [0.29, 0.717) is 5.69 Å². The van der Waals surface area contributed by atoms with Crippen LogP contribution in [0.15, 0.2) is 60.8 Å². The van der Waals surface area contributed by atoms with Gasteiger partial charge in [0.05, 0.1) is 12.8 Å². The van der Waals surface area contributed by atoms with Crippen LogP contribution in [0.5, 0.6) is 5.75 Å². The van der Waals surface area contributed by atoms with E-state index in [1.807, 2.05) is 55.5 Å². The summed E-state index contributed by atoms with van der Waals surface area (Å²) in [5.74, 6) is 0.526. The molecule has 130 valence electrons. The molecule has 2 heterocycles.